The van der Waals surface area contributed by atoms with Crippen molar-refractivity contribution in [2.24, 2.45) is 0 Å². The van der Waals surface area contributed by atoms with Crippen LogP contribution >= 0.6 is 11.0 Å². The van der Waals surface area contributed by atoms with E-state index in [9.17, 15) is 27.7 Å². The second-order valence-electron chi connectivity index (χ2n) is 7.29. The van der Waals surface area contributed by atoms with Gasteiger partial charge < -0.3 is 10.2 Å². The van der Waals surface area contributed by atoms with E-state index in [0.29, 0.717) is 23.2 Å². The third-order valence-electron chi connectivity index (χ3n) is 4.96. The number of phenols is 1. The van der Waals surface area contributed by atoms with Gasteiger partial charge in [0.05, 0.1) is 17.1 Å². The minimum atomic E-state index is -3.76. The lowest BCUT2D eigenvalue weighted by Crippen LogP contribution is -2.25. The number of para-hydroxylation sites is 1. The van der Waals surface area contributed by atoms with Gasteiger partial charge in [0.25, 0.3) is 10.0 Å². The number of phenolic OH excluding ortho intramolecular Hbond substituents is 1. The van der Waals surface area contributed by atoms with Crippen LogP contribution in [-0.2, 0) is 16.4 Å². The van der Waals surface area contributed by atoms with E-state index in [1.165, 1.54) is 24.3 Å². The highest BCUT2D eigenvalue weighted by Crippen LogP contribution is 2.49. The van der Waals surface area contributed by atoms with Gasteiger partial charge >= 0.3 is 0 Å². The van der Waals surface area contributed by atoms with Crippen molar-refractivity contribution in [3.05, 3.63) is 83.9 Å². The molecule has 1 saturated heterocycles. The molecule has 3 aromatic rings. The number of hydrogen-bond acceptors (Lipinski definition) is 8. The average molecular weight is 478 g/mol. The Bertz CT molecular complexity index is 1220. The summed E-state index contributed by atoms with van der Waals surface area (Å²) in [5.41, 5.74) is 1.96. The summed E-state index contributed by atoms with van der Waals surface area (Å²) in [7, 11) is -7.20. The third kappa shape index (κ3) is 4.67. The molecule has 0 amide bonds. The molecule has 3 aromatic carbocycles. The van der Waals surface area contributed by atoms with E-state index in [4.69, 9.17) is 0 Å². The van der Waals surface area contributed by atoms with Gasteiger partial charge in [0.15, 0.2) is 0 Å². The molecule has 9 nitrogen and oxygen atoms in total. The Kier molecular flexibility index (Phi) is 6.03. The number of aliphatic hydroxyl groups is 1. The molecule has 1 fully saturated rings. The maximum atomic E-state index is 12.7. The van der Waals surface area contributed by atoms with Crippen LogP contribution in [0, 0.1) is 0 Å². The van der Waals surface area contributed by atoms with Crippen LogP contribution in [0.1, 0.15) is 11.1 Å². The first-order chi connectivity index (χ1) is 15.2. The highest BCUT2D eigenvalue weighted by molar-refractivity contribution is 8.24. The van der Waals surface area contributed by atoms with E-state index >= 15 is 0 Å². The molecule has 0 aromatic heterocycles. The SMILES string of the molecule is O=S(=O)(Nc1ccccc1Cc1ccc(N2CC(O)NS2(O)O)c(O)c1)c1ccccc1. The summed E-state index contributed by atoms with van der Waals surface area (Å²) < 4.78 is 51.5. The lowest BCUT2D eigenvalue weighted by Gasteiger charge is -2.36. The Morgan fingerprint density at radius 3 is 2.38 bits per heavy atom. The molecule has 32 heavy (non-hydrogen) atoms. The Balaban J connectivity index is 1.58. The van der Waals surface area contributed by atoms with Crippen molar-refractivity contribution >= 4 is 32.4 Å². The van der Waals surface area contributed by atoms with Crippen LogP contribution in [0.4, 0.5) is 11.4 Å². The number of β-amino-alcohol motifs (C(OH)–C–C–N with tert-alkyl or cyclic N) is 1. The second-order valence-corrected chi connectivity index (χ2v) is 10.7. The average Bonchev–Trinajstić information content (AvgIpc) is 3.02. The molecule has 1 heterocycles. The lowest BCUT2D eigenvalue weighted by atomic mass is 10.0. The third-order valence-corrected chi connectivity index (χ3v) is 7.89. The Morgan fingerprint density at radius 2 is 1.72 bits per heavy atom. The molecular formula is C21H23N3O6S2. The summed E-state index contributed by atoms with van der Waals surface area (Å²) in [5, 5.41) is 20.1. The molecule has 0 aliphatic carbocycles. The van der Waals surface area contributed by atoms with Gasteiger partial charge in [-0.3, -0.25) is 18.1 Å². The van der Waals surface area contributed by atoms with E-state index in [2.05, 4.69) is 9.44 Å². The monoisotopic (exact) mass is 477 g/mol. The molecule has 11 heteroatoms. The summed E-state index contributed by atoms with van der Waals surface area (Å²) >= 11 is 0. The number of hydrogen-bond donors (Lipinski definition) is 6. The number of rotatable bonds is 6. The number of sulfonamides is 1. The smallest absolute Gasteiger partial charge is 0.261 e. The molecule has 1 atom stereocenters. The molecular weight excluding hydrogens is 454 g/mol. The first kappa shape index (κ1) is 22.4. The zero-order chi connectivity index (χ0) is 22.9. The van der Waals surface area contributed by atoms with Crippen LogP contribution in [0.25, 0.3) is 0 Å². The van der Waals surface area contributed by atoms with Crippen molar-refractivity contribution in [1.82, 2.24) is 4.72 Å². The molecule has 1 aliphatic heterocycles. The fraction of sp³-hybridized carbons (Fsp3) is 0.143. The van der Waals surface area contributed by atoms with Crippen molar-refractivity contribution < 1.29 is 27.7 Å². The van der Waals surface area contributed by atoms with Crippen LogP contribution in [0.15, 0.2) is 77.7 Å². The number of aliphatic hydroxyl groups excluding tert-OH is 1. The molecule has 170 valence electrons. The van der Waals surface area contributed by atoms with E-state index in [-0.39, 0.29) is 22.9 Å². The lowest BCUT2D eigenvalue weighted by molar-refractivity contribution is 0.182. The van der Waals surface area contributed by atoms with Crippen molar-refractivity contribution in [3.63, 3.8) is 0 Å². The fourth-order valence-electron chi connectivity index (χ4n) is 3.47. The van der Waals surface area contributed by atoms with Crippen molar-refractivity contribution in [1.29, 1.82) is 0 Å². The predicted molar refractivity (Wildman–Crippen MR) is 124 cm³/mol. The second kappa shape index (κ2) is 8.62. The van der Waals surface area contributed by atoms with Crippen LogP contribution in [0.3, 0.4) is 0 Å². The Morgan fingerprint density at radius 1 is 1.03 bits per heavy atom. The van der Waals surface area contributed by atoms with Gasteiger partial charge in [0, 0.05) is 0 Å². The van der Waals surface area contributed by atoms with Gasteiger partial charge in [0.1, 0.15) is 17.7 Å². The maximum absolute atomic E-state index is 12.7. The van der Waals surface area contributed by atoms with Crippen molar-refractivity contribution in [2.75, 3.05) is 15.6 Å². The summed E-state index contributed by atoms with van der Waals surface area (Å²) in [4.78, 5) is 0.150. The Hall–Kier alpha value is -2.80. The molecule has 0 bridgehead atoms. The number of nitrogens with one attached hydrogen (secondary N) is 2. The van der Waals surface area contributed by atoms with Crippen molar-refractivity contribution in [2.45, 2.75) is 17.5 Å². The molecule has 1 aliphatic rings. The first-order valence-corrected chi connectivity index (χ1v) is 12.6. The van der Waals surface area contributed by atoms with Gasteiger partial charge in [-0.25, -0.2) is 8.42 Å². The normalized spacial score (nSPS) is 19.0. The van der Waals surface area contributed by atoms with E-state index in [1.54, 1.807) is 48.5 Å². The Labute approximate surface area is 187 Å². The van der Waals surface area contributed by atoms with Crippen LogP contribution in [0.5, 0.6) is 5.75 Å². The van der Waals surface area contributed by atoms with Gasteiger partial charge in [0.2, 0.25) is 0 Å². The van der Waals surface area contributed by atoms with E-state index in [0.717, 1.165) is 4.31 Å². The van der Waals surface area contributed by atoms with Gasteiger partial charge in [-0.1, -0.05) is 53.4 Å². The van der Waals surface area contributed by atoms with Gasteiger partial charge in [-0.05, 0) is 47.9 Å². The van der Waals surface area contributed by atoms with Gasteiger partial charge in [-0.2, -0.15) is 4.72 Å². The fourth-order valence-corrected chi connectivity index (χ4v) is 5.93. The van der Waals surface area contributed by atoms with Gasteiger partial charge in [-0.15, -0.1) is 0 Å². The minimum Gasteiger partial charge on any atom is -0.506 e. The van der Waals surface area contributed by atoms with E-state index in [1.807, 2.05) is 0 Å². The van der Waals surface area contributed by atoms with Crippen molar-refractivity contribution in [3.8, 4) is 5.75 Å². The zero-order valence-electron chi connectivity index (χ0n) is 16.8. The zero-order valence-corrected chi connectivity index (χ0v) is 18.4. The number of anilines is 2. The molecule has 0 radical (unpaired) electrons. The summed E-state index contributed by atoms with van der Waals surface area (Å²) in [6.07, 6.45) is -0.818. The molecule has 4 rings (SSSR count). The summed E-state index contributed by atoms with van der Waals surface area (Å²) in [5.74, 6) is -0.194. The highest BCUT2D eigenvalue weighted by Gasteiger charge is 2.36. The molecule has 6 N–H and O–H groups in total. The number of aromatic hydroxyl groups is 1. The maximum Gasteiger partial charge on any atom is 0.261 e. The predicted octanol–water partition coefficient (Wildman–Crippen LogP) is 3.09. The largest absolute Gasteiger partial charge is 0.506 e. The number of benzene rings is 3. The molecule has 0 saturated carbocycles. The van der Waals surface area contributed by atoms with Crippen LogP contribution in [0.2, 0.25) is 0 Å². The topological polar surface area (TPSA) is 142 Å². The quantitative estimate of drug-likeness (QED) is 0.318. The molecule has 0 spiro atoms. The van der Waals surface area contributed by atoms with Crippen LogP contribution < -0.4 is 13.7 Å². The minimum absolute atomic E-state index is 0.0979. The number of nitrogens with zero attached hydrogens (tertiary/aromatic N) is 1. The highest BCUT2D eigenvalue weighted by atomic mass is 32.3. The molecule has 1 unspecified atom stereocenters. The summed E-state index contributed by atoms with van der Waals surface area (Å²) in [6, 6.07) is 19.7. The van der Waals surface area contributed by atoms with Crippen LogP contribution in [-0.4, -0.2) is 40.5 Å². The van der Waals surface area contributed by atoms with E-state index < -0.39 is 27.2 Å². The standard InChI is InChI=1S/C21H23N3O6S2/c25-20-13-15(10-11-19(20)24-14-21(26)23-32(24,29)30)12-16-6-4-5-9-18(16)22-31(27,28)17-7-2-1-3-8-17/h1-11,13,21-23,25-26,29-30H,12,14H2. The summed E-state index contributed by atoms with van der Waals surface area (Å²) in [6.45, 7) is -0.0979. The first-order valence-electron chi connectivity index (χ1n) is 9.65.